The van der Waals surface area contributed by atoms with Gasteiger partial charge in [0, 0.05) is 41.1 Å². The minimum Gasteiger partial charge on any atom is -0.365 e. The number of carbonyl (C=O) groups excluding carboxylic acids is 1. The van der Waals surface area contributed by atoms with Crippen LogP contribution in [0.1, 0.15) is 63.5 Å². The molecule has 0 bridgehead atoms. The Balaban J connectivity index is 1.64. The van der Waals surface area contributed by atoms with E-state index in [2.05, 4.69) is 66.5 Å². The van der Waals surface area contributed by atoms with Gasteiger partial charge < -0.3 is 20.4 Å². The van der Waals surface area contributed by atoms with Crippen LogP contribution in [0.15, 0.2) is 60.8 Å². The van der Waals surface area contributed by atoms with Crippen molar-refractivity contribution in [1.82, 2.24) is 10.3 Å². The molecule has 3 aromatic rings. The molecule has 0 saturated carbocycles. The normalized spacial score (nSPS) is 19.8. The molecule has 40 heavy (non-hydrogen) atoms. The zero-order chi connectivity index (χ0) is 28.9. The second-order valence-corrected chi connectivity index (χ2v) is 12.4. The molecule has 0 spiro atoms. The molecule has 0 aliphatic carbocycles. The van der Waals surface area contributed by atoms with E-state index in [1.807, 2.05) is 55.1 Å². The van der Waals surface area contributed by atoms with Crippen LogP contribution in [0.2, 0.25) is 10.0 Å². The maximum atomic E-state index is 12.3. The van der Waals surface area contributed by atoms with E-state index in [0.717, 1.165) is 28.2 Å². The van der Waals surface area contributed by atoms with Gasteiger partial charge in [0.2, 0.25) is 5.91 Å². The molecule has 6 nitrogen and oxygen atoms in total. The third-order valence-corrected chi connectivity index (χ3v) is 8.72. The predicted molar refractivity (Wildman–Crippen MR) is 170 cm³/mol. The average molecular weight is 595 g/mol. The molecular formula is C31H33Cl2N5OS. The second kappa shape index (κ2) is 10.7. The van der Waals surface area contributed by atoms with Crippen LogP contribution in [0.4, 0.5) is 17.1 Å². The molecule has 1 fully saturated rings. The topological polar surface area (TPSA) is 60.5 Å². The standard InChI is InChI=1S/C31H33Cl2N5OS/c1-17(2)29(39)35-24-11-10-19(13-23(24)33)38-28(27(36-30(38)40)25-9-7-8-12-34-25)21-14-20-18(3)16-31(4,5)37(6)26(20)15-22(21)32/h7-17,27-28H,1-6H3,(H,35,39)(H,36,40)/t27-,28-/m1/s1. The number of pyridine rings is 1. The number of hydrogen-bond acceptors (Lipinski definition) is 4. The van der Waals surface area contributed by atoms with Crippen molar-refractivity contribution in [1.29, 1.82) is 0 Å². The molecule has 2 aromatic carbocycles. The van der Waals surface area contributed by atoms with Gasteiger partial charge in [0.1, 0.15) is 0 Å². The molecule has 3 heterocycles. The molecule has 9 heteroatoms. The van der Waals surface area contributed by atoms with Crippen LogP contribution in [0.3, 0.4) is 0 Å². The van der Waals surface area contributed by atoms with Gasteiger partial charge in [-0.25, -0.2) is 0 Å². The maximum absolute atomic E-state index is 12.3. The minimum absolute atomic E-state index is 0.0986. The minimum atomic E-state index is -0.305. The fraction of sp³-hybridized carbons (Fsp3) is 0.323. The van der Waals surface area contributed by atoms with Crippen molar-refractivity contribution in [3.8, 4) is 0 Å². The van der Waals surface area contributed by atoms with E-state index in [1.54, 1.807) is 6.20 Å². The number of halogens is 2. The predicted octanol–water partition coefficient (Wildman–Crippen LogP) is 7.79. The van der Waals surface area contributed by atoms with Gasteiger partial charge in [0.25, 0.3) is 0 Å². The monoisotopic (exact) mass is 593 g/mol. The molecule has 2 N–H and O–H groups in total. The average Bonchev–Trinajstić information content (AvgIpc) is 3.25. The van der Waals surface area contributed by atoms with E-state index in [1.165, 1.54) is 5.57 Å². The van der Waals surface area contributed by atoms with Crippen molar-refractivity contribution in [2.45, 2.75) is 52.2 Å². The Morgan fingerprint density at radius 3 is 2.52 bits per heavy atom. The molecule has 2 atom stereocenters. The van der Waals surface area contributed by atoms with Crippen LogP contribution in [0.5, 0.6) is 0 Å². The highest BCUT2D eigenvalue weighted by Gasteiger charge is 2.42. The Hall–Kier alpha value is -3.13. The number of allylic oxidation sites excluding steroid dienone is 1. The Kier molecular flexibility index (Phi) is 7.59. The van der Waals surface area contributed by atoms with Crippen LogP contribution in [0, 0.1) is 5.92 Å². The van der Waals surface area contributed by atoms with Gasteiger partial charge in [0.15, 0.2) is 5.11 Å². The summed E-state index contributed by atoms with van der Waals surface area (Å²) in [6.45, 7) is 10.2. The van der Waals surface area contributed by atoms with Crippen LogP contribution >= 0.6 is 35.4 Å². The molecule has 2 aliphatic rings. The first-order valence-electron chi connectivity index (χ1n) is 13.3. The number of fused-ring (bicyclic) bond motifs is 1. The van der Waals surface area contributed by atoms with Gasteiger partial charge in [-0.15, -0.1) is 0 Å². The number of hydrogen-bond donors (Lipinski definition) is 2. The summed E-state index contributed by atoms with van der Waals surface area (Å²) in [6.07, 6.45) is 4.06. The van der Waals surface area contributed by atoms with Crippen molar-refractivity contribution in [3.05, 3.63) is 87.7 Å². The number of nitrogens with zero attached hydrogens (tertiary/aromatic N) is 3. The zero-order valence-electron chi connectivity index (χ0n) is 23.4. The number of amides is 1. The quantitative estimate of drug-likeness (QED) is 0.294. The molecule has 0 unspecified atom stereocenters. The van der Waals surface area contributed by atoms with Gasteiger partial charge in [-0.1, -0.05) is 49.2 Å². The lowest BCUT2D eigenvalue weighted by molar-refractivity contribution is -0.118. The van der Waals surface area contributed by atoms with E-state index >= 15 is 0 Å². The molecule has 0 radical (unpaired) electrons. The van der Waals surface area contributed by atoms with Gasteiger partial charge in [-0.2, -0.15) is 0 Å². The highest BCUT2D eigenvalue weighted by atomic mass is 35.5. The fourth-order valence-corrected chi connectivity index (χ4v) is 6.23. The smallest absolute Gasteiger partial charge is 0.226 e. The van der Waals surface area contributed by atoms with Gasteiger partial charge >= 0.3 is 0 Å². The first-order valence-corrected chi connectivity index (χ1v) is 14.4. The molecular weight excluding hydrogens is 561 g/mol. The van der Waals surface area contributed by atoms with E-state index in [4.69, 9.17) is 35.4 Å². The van der Waals surface area contributed by atoms with Crippen molar-refractivity contribution in [2.75, 3.05) is 22.2 Å². The van der Waals surface area contributed by atoms with Crippen molar-refractivity contribution in [3.63, 3.8) is 0 Å². The van der Waals surface area contributed by atoms with Gasteiger partial charge in [-0.3, -0.25) is 9.78 Å². The Morgan fingerprint density at radius 1 is 1.12 bits per heavy atom. The summed E-state index contributed by atoms with van der Waals surface area (Å²) in [7, 11) is 2.09. The molecule has 1 amide bonds. The number of carbonyl (C=O) groups is 1. The number of rotatable bonds is 5. The SMILES string of the molecule is CC1=CC(C)(C)N(C)c2cc(Cl)c([C@@H]3[C@@H](c4ccccn4)NC(=S)N3c3ccc(NC(=O)C(C)C)c(Cl)c3)cc21. The lowest BCUT2D eigenvalue weighted by Crippen LogP contribution is -2.42. The Bertz CT molecular complexity index is 1520. The maximum Gasteiger partial charge on any atom is 0.226 e. The Morgan fingerprint density at radius 2 is 1.88 bits per heavy atom. The summed E-state index contributed by atoms with van der Waals surface area (Å²) in [4.78, 5) is 21.2. The number of likely N-dealkylation sites (N-methyl/N-ethyl adjacent to an activating group) is 1. The summed E-state index contributed by atoms with van der Waals surface area (Å²) in [5.74, 6) is -0.263. The summed E-state index contributed by atoms with van der Waals surface area (Å²) < 4.78 is 0. The number of nitrogens with one attached hydrogen (secondary N) is 2. The summed E-state index contributed by atoms with van der Waals surface area (Å²) in [5.41, 5.74) is 6.39. The summed E-state index contributed by atoms with van der Waals surface area (Å²) in [5, 5.41) is 7.99. The largest absolute Gasteiger partial charge is 0.365 e. The highest BCUT2D eigenvalue weighted by Crippen LogP contribution is 2.48. The summed E-state index contributed by atoms with van der Waals surface area (Å²) >= 11 is 19.7. The van der Waals surface area contributed by atoms with E-state index in [0.29, 0.717) is 20.8 Å². The number of anilines is 3. The first kappa shape index (κ1) is 28.4. The third kappa shape index (κ3) is 5.06. The van der Waals surface area contributed by atoms with Gasteiger partial charge in [0.05, 0.1) is 34.0 Å². The van der Waals surface area contributed by atoms with E-state index < -0.39 is 0 Å². The van der Waals surface area contributed by atoms with Crippen molar-refractivity contribution in [2.24, 2.45) is 5.92 Å². The molecule has 208 valence electrons. The first-order chi connectivity index (χ1) is 18.9. The van der Waals surface area contributed by atoms with E-state index in [-0.39, 0.29) is 29.4 Å². The molecule has 1 aromatic heterocycles. The molecule has 1 saturated heterocycles. The van der Waals surface area contributed by atoms with Crippen LogP contribution in [0.25, 0.3) is 5.57 Å². The van der Waals surface area contributed by atoms with Gasteiger partial charge in [-0.05, 0) is 86.6 Å². The number of benzene rings is 2. The van der Waals surface area contributed by atoms with Crippen molar-refractivity contribution < 1.29 is 4.79 Å². The Labute approximate surface area is 251 Å². The molecule has 5 rings (SSSR count). The van der Waals surface area contributed by atoms with Crippen molar-refractivity contribution >= 4 is 69.1 Å². The highest BCUT2D eigenvalue weighted by molar-refractivity contribution is 7.80. The zero-order valence-corrected chi connectivity index (χ0v) is 25.7. The lowest BCUT2D eigenvalue weighted by Gasteiger charge is -2.41. The third-order valence-electron chi connectivity index (χ3n) is 7.77. The van der Waals surface area contributed by atoms with Crippen LogP contribution < -0.4 is 20.4 Å². The fourth-order valence-electron chi connectivity index (χ4n) is 5.40. The molecule has 2 aliphatic heterocycles. The van der Waals surface area contributed by atoms with Crippen LogP contribution in [-0.2, 0) is 4.79 Å². The lowest BCUT2D eigenvalue weighted by atomic mass is 9.86. The summed E-state index contributed by atoms with van der Waals surface area (Å²) in [6, 6.07) is 15.1. The number of thiocarbonyl (C=S) groups is 1. The van der Waals surface area contributed by atoms with E-state index in [9.17, 15) is 4.79 Å². The number of aromatic nitrogens is 1. The second-order valence-electron chi connectivity index (χ2n) is 11.2. The van der Waals surface area contributed by atoms with Crippen LogP contribution in [-0.4, -0.2) is 28.6 Å².